The van der Waals surface area contributed by atoms with Gasteiger partial charge in [-0.05, 0) is 30.3 Å². The third-order valence-electron chi connectivity index (χ3n) is 5.18. The third-order valence-corrected chi connectivity index (χ3v) is 7.10. The van der Waals surface area contributed by atoms with E-state index >= 15 is 0 Å². The molecule has 0 amide bonds. The van der Waals surface area contributed by atoms with Gasteiger partial charge in [0, 0.05) is 31.7 Å². The topological polar surface area (TPSA) is 150 Å². The number of hydrogen-bond acceptors (Lipinski definition) is 8. The number of carboxylic acids is 1. The Morgan fingerprint density at radius 2 is 1.50 bits per heavy atom. The van der Waals surface area contributed by atoms with Crippen LogP contribution in [0, 0.1) is 0 Å². The summed E-state index contributed by atoms with van der Waals surface area (Å²) in [5, 5.41) is 25.3. The molecule has 1 aliphatic rings. The number of nitrogens with zero attached hydrogens (tertiary/aromatic N) is 4. The van der Waals surface area contributed by atoms with Gasteiger partial charge in [0.1, 0.15) is 5.75 Å². The van der Waals surface area contributed by atoms with Gasteiger partial charge in [0.15, 0.2) is 5.82 Å². The van der Waals surface area contributed by atoms with E-state index in [-0.39, 0.29) is 11.6 Å². The molecule has 0 bridgehead atoms. The van der Waals surface area contributed by atoms with E-state index in [2.05, 4.69) is 10.2 Å². The number of halogens is 3. The van der Waals surface area contributed by atoms with Gasteiger partial charge in [-0.25, -0.2) is 13.2 Å². The van der Waals surface area contributed by atoms with Gasteiger partial charge in [-0.15, -0.1) is 10.2 Å². The molecule has 0 saturated carbocycles. The maximum Gasteiger partial charge on any atom is 0.490 e. The van der Waals surface area contributed by atoms with Crippen molar-refractivity contribution >= 4 is 27.5 Å². The second-order valence-corrected chi connectivity index (χ2v) is 9.46. The van der Waals surface area contributed by atoms with Crippen molar-refractivity contribution in [3.8, 4) is 17.0 Å². The zero-order valence-electron chi connectivity index (χ0n) is 18.6. The van der Waals surface area contributed by atoms with Crippen LogP contribution >= 0.6 is 0 Å². The molecular weight excluding hydrogens is 503 g/mol. The molecule has 0 unspecified atom stereocenters. The predicted molar refractivity (Wildman–Crippen MR) is 125 cm³/mol. The van der Waals surface area contributed by atoms with Gasteiger partial charge in [-0.2, -0.15) is 17.5 Å². The molecule has 1 aliphatic heterocycles. The number of aromatic nitrogens is 2. The van der Waals surface area contributed by atoms with Crippen molar-refractivity contribution < 1.29 is 36.6 Å². The van der Waals surface area contributed by atoms with Gasteiger partial charge in [-0.3, -0.25) is 0 Å². The van der Waals surface area contributed by atoms with Gasteiger partial charge in [0.25, 0.3) is 0 Å². The first-order valence-corrected chi connectivity index (χ1v) is 11.9. The first-order chi connectivity index (χ1) is 16.9. The molecule has 0 aliphatic carbocycles. The third kappa shape index (κ3) is 6.20. The Balaban J connectivity index is 0.000000454. The first kappa shape index (κ1) is 26.7. The molecule has 2 heterocycles. The Morgan fingerprint density at radius 3 is 2.06 bits per heavy atom. The van der Waals surface area contributed by atoms with Gasteiger partial charge in [0.05, 0.1) is 16.3 Å². The molecule has 2 aromatic carbocycles. The SMILES string of the molecule is Nc1nnc(-c2ccccc2O)cc1N1CCN(S(=O)(=O)c2ccccc2)CC1.O=C(O)C(F)(F)F. The van der Waals surface area contributed by atoms with Crippen molar-refractivity contribution in [1.29, 1.82) is 0 Å². The summed E-state index contributed by atoms with van der Waals surface area (Å²) < 4.78 is 58.8. The lowest BCUT2D eigenvalue weighted by Gasteiger charge is -2.35. The summed E-state index contributed by atoms with van der Waals surface area (Å²) in [6, 6.07) is 17.1. The average molecular weight is 526 g/mol. The van der Waals surface area contributed by atoms with Crippen LogP contribution in [0.1, 0.15) is 0 Å². The Morgan fingerprint density at radius 1 is 0.944 bits per heavy atom. The number of para-hydroxylation sites is 1. The molecule has 14 heteroatoms. The highest BCUT2D eigenvalue weighted by Crippen LogP contribution is 2.32. The minimum absolute atomic E-state index is 0.108. The summed E-state index contributed by atoms with van der Waals surface area (Å²) in [6.45, 7) is 1.63. The molecule has 36 heavy (non-hydrogen) atoms. The summed E-state index contributed by atoms with van der Waals surface area (Å²) in [5.74, 6) is -2.38. The summed E-state index contributed by atoms with van der Waals surface area (Å²) in [7, 11) is -3.52. The largest absolute Gasteiger partial charge is 0.507 e. The zero-order chi connectivity index (χ0) is 26.5. The van der Waals surface area contributed by atoms with Crippen molar-refractivity contribution in [3.05, 3.63) is 60.7 Å². The van der Waals surface area contributed by atoms with Crippen LogP contribution in [-0.2, 0) is 14.8 Å². The number of aliphatic carboxylic acids is 1. The van der Waals surface area contributed by atoms with E-state index in [9.17, 15) is 26.7 Å². The van der Waals surface area contributed by atoms with E-state index in [4.69, 9.17) is 15.6 Å². The van der Waals surface area contributed by atoms with Crippen LogP contribution in [0.4, 0.5) is 24.7 Å². The minimum Gasteiger partial charge on any atom is -0.507 e. The van der Waals surface area contributed by atoms with E-state index in [1.54, 1.807) is 60.7 Å². The molecule has 1 fully saturated rings. The van der Waals surface area contributed by atoms with Crippen molar-refractivity contribution in [2.24, 2.45) is 0 Å². The number of rotatable bonds is 4. The van der Waals surface area contributed by atoms with Crippen LogP contribution in [-0.4, -0.2) is 71.5 Å². The zero-order valence-corrected chi connectivity index (χ0v) is 19.4. The molecule has 4 N–H and O–H groups in total. The standard InChI is InChI=1S/C20H21N5O3S.C2HF3O2/c21-20-18(14-17(22-23-20)16-8-4-5-9-19(16)26)24-10-12-25(13-11-24)29(27,28)15-6-2-1-3-7-15;3-2(4,5)1(6)7/h1-9,14,26H,10-13H2,(H2,21,23);(H,6,7). The number of phenols is 1. The fourth-order valence-electron chi connectivity index (χ4n) is 3.38. The van der Waals surface area contributed by atoms with E-state index < -0.39 is 22.2 Å². The Labute approximate surface area is 204 Å². The van der Waals surface area contributed by atoms with E-state index in [1.165, 1.54) is 4.31 Å². The number of nitrogen functional groups attached to an aromatic ring is 1. The highest BCUT2D eigenvalue weighted by atomic mass is 32.2. The molecule has 0 atom stereocenters. The number of aromatic hydroxyl groups is 1. The molecule has 192 valence electrons. The lowest BCUT2D eigenvalue weighted by atomic mass is 10.1. The lowest BCUT2D eigenvalue weighted by Crippen LogP contribution is -2.48. The van der Waals surface area contributed by atoms with Gasteiger partial charge in [0.2, 0.25) is 10.0 Å². The number of carboxylic acid groups (broad SMARTS) is 1. The summed E-state index contributed by atoms with van der Waals surface area (Å²) >= 11 is 0. The molecule has 0 spiro atoms. The van der Waals surface area contributed by atoms with Crippen molar-refractivity contribution in [3.63, 3.8) is 0 Å². The molecule has 4 rings (SSSR count). The highest BCUT2D eigenvalue weighted by molar-refractivity contribution is 7.89. The number of anilines is 2. The number of hydrogen-bond donors (Lipinski definition) is 3. The van der Waals surface area contributed by atoms with Crippen LogP contribution in [0.15, 0.2) is 65.6 Å². The number of alkyl halides is 3. The maximum absolute atomic E-state index is 12.8. The number of carbonyl (C=O) groups is 1. The van der Waals surface area contributed by atoms with Gasteiger partial charge >= 0.3 is 12.1 Å². The monoisotopic (exact) mass is 525 g/mol. The fraction of sp³-hybridized carbons (Fsp3) is 0.227. The van der Waals surface area contributed by atoms with Crippen molar-refractivity contribution in [2.45, 2.75) is 11.1 Å². The predicted octanol–water partition coefficient (Wildman–Crippen LogP) is 2.58. The van der Waals surface area contributed by atoms with Crippen molar-refractivity contribution in [2.75, 3.05) is 36.8 Å². The Hall–Kier alpha value is -3.91. The van der Waals surface area contributed by atoms with Crippen LogP contribution in [0.5, 0.6) is 5.75 Å². The summed E-state index contributed by atoms with van der Waals surface area (Å²) in [5.41, 5.74) is 7.78. The van der Waals surface area contributed by atoms with E-state index in [0.29, 0.717) is 48.0 Å². The number of benzene rings is 2. The normalized spacial score (nSPS) is 14.6. The molecule has 10 nitrogen and oxygen atoms in total. The average Bonchev–Trinajstić information content (AvgIpc) is 2.85. The smallest absolute Gasteiger partial charge is 0.490 e. The molecule has 1 saturated heterocycles. The summed E-state index contributed by atoms with van der Waals surface area (Å²) in [6.07, 6.45) is -5.08. The van der Waals surface area contributed by atoms with Crippen LogP contribution in [0.25, 0.3) is 11.3 Å². The first-order valence-electron chi connectivity index (χ1n) is 10.4. The van der Waals surface area contributed by atoms with Crippen LogP contribution < -0.4 is 10.6 Å². The second kappa shape index (κ2) is 10.8. The second-order valence-electron chi connectivity index (χ2n) is 7.52. The number of sulfonamides is 1. The molecule has 1 aromatic heterocycles. The quantitative estimate of drug-likeness (QED) is 0.467. The highest BCUT2D eigenvalue weighted by Gasteiger charge is 2.38. The number of nitrogens with two attached hydrogens (primary N) is 1. The Bertz CT molecular complexity index is 1320. The van der Waals surface area contributed by atoms with Gasteiger partial charge in [-0.1, -0.05) is 30.3 Å². The molecule has 0 radical (unpaired) electrons. The maximum atomic E-state index is 12.8. The van der Waals surface area contributed by atoms with Crippen LogP contribution in [0.2, 0.25) is 0 Å². The molecule has 3 aromatic rings. The van der Waals surface area contributed by atoms with E-state index in [1.807, 2.05) is 4.90 Å². The van der Waals surface area contributed by atoms with Gasteiger partial charge < -0.3 is 20.8 Å². The Kier molecular flexibility index (Phi) is 8.00. The van der Waals surface area contributed by atoms with Crippen molar-refractivity contribution in [1.82, 2.24) is 14.5 Å². The van der Waals surface area contributed by atoms with Crippen LogP contribution in [0.3, 0.4) is 0 Å². The number of phenolic OH excluding ortho intramolecular Hbond substituents is 1. The number of piperazine rings is 1. The lowest BCUT2D eigenvalue weighted by molar-refractivity contribution is -0.192. The fourth-order valence-corrected chi connectivity index (χ4v) is 4.82. The minimum atomic E-state index is -5.08. The van der Waals surface area contributed by atoms with E-state index in [0.717, 1.165) is 0 Å². The summed E-state index contributed by atoms with van der Waals surface area (Å²) in [4.78, 5) is 11.2. The molecular formula is C22H22F3N5O5S.